The zero-order valence-electron chi connectivity index (χ0n) is 23.8. The molecule has 0 saturated carbocycles. The Bertz CT molecular complexity index is 1500. The van der Waals surface area contributed by atoms with Gasteiger partial charge in [-0.2, -0.15) is 0 Å². The van der Waals surface area contributed by atoms with Crippen molar-refractivity contribution in [1.82, 2.24) is 4.57 Å². The Morgan fingerprint density at radius 3 is 2.00 bits per heavy atom. The molecule has 1 aliphatic heterocycles. The Labute approximate surface area is 241 Å². The van der Waals surface area contributed by atoms with Gasteiger partial charge in [-0.15, -0.1) is 0 Å². The third-order valence-corrected chi connectivity index (χ3v) is 6.54. The van der Waals surface area contributed by atoms with Gasteiger partial charge in [-0.25, -0.2) is 0 Å². The lowest BCUT2D eigenvalue weighted by Crippen LogP contribution is -2.60. The summed E-state index contributed by atoms with van der Waals surface area (Å²) in [4.78, 5) is 61.7. The summed E-state index contributed by atoms with van der Waals surface area (Å²) in [6.07, 6.45) is -4.76. The Morgan fingerprint density at radius 1 is 0.786 bits per heavy atom. The first-order valence-corrected chi connectivity index (χ1v) is 13.2. The second-order valence-corrected chi connectivity index (χ2v) is 9.88. The molecule has 3 aromatic rings. The number of aromatic nitrogens is 1. The Morgan fingerprint density at radius 2 is 1.38 bits per heavy atom. The fourth-order valence-electron chi connectivity index (χ4n) is 4.86. The zero-order valence-corrected chi connectivity index (χ0v) is 23.8. The molecule has 1 fully saturated rings. The van der Waals surface area contributed by atoms with E-state index in [1.54, 1.807) is 41.0 Å². The Hall–Kier alpha value is -4.71. The normalized spacial score (nSPS) is 21.7. The number of esters is 4. The minimum absolute atomic E-state index is 0.291. The fraction of sp³-hybridized carbons (Fsp3) is 0.367. The number of carbonyl (C=O) groups is 5. The highest BCUT2D eigenvalue weighted by atomic mass is 16.7. The number of para-hydroxylation sites is 1. The summed E-state index contributed by atoms with van der Waals surface area (Å²) in [6, 6.07) is 14.3. The number of rotatable bonds is 8. The topological polar surface area (TPSA) is 148 Å². The summed E-state index contributed by atoms with van der Waals surface area (Å²) >= 11 is 0. The molecule has 4 rings (SSSR count). The van der Waals surface area contributed by atoms with Crippen LogP contribution in [-0.4, -0.2) is 65.4 Å². The van der Waals surface area contributed by atoms with Gasteiger partial charge in [0.2, 0.25) is 0 Å². The van der Waals surface area contributed by atoms with Crippen molar-refractivity contribution in [3.05, 3.63) is 65.9 Å². The van der Waals surface area contributed by atoms with Crippen molar-refractivity contribution in [2.45, 2.75) is 65.3 Å². The van der Waals surface area contributed by atoms with Crippen LogP contribution < -0.4 is 5.32 Å². The van der Waals surface area contributed by atoms with Gasteiger partial charge in [0.05, 0.1) is 11.1 Å². The lowest BCUT2D eigenvalue weighted by atomic mass is 9.97. The summed E-state index contributed by atoms with van der Waals surface area (Å²) < 4.78 is 29.7. The molecule has 1 amide bonds. The second kappa shape index (κ2) is 12.9. The van der Waals surface area contributed by atoms with Crippen LogP contribution in [0.3, 0.4) is 0 Å². The molecule has 0 unspecified atom stereocenters. The minimum atomic E-state index is -1.35. The molecule has 0 bridgehead atoms. The van der Waals surface area contributed by atoms with E-state index in [9.17, 15) is 24.0 Å². The predicted molar refractivity (Wildman–Crippen MR) is 148 cm³/mol. The van der Waals surface area contributed by atoms with Gasteiger partial charge in [-0.3, -0.25) is 24.0 Å². The first-order valence-electron chi connectivity index (χ1n) is 13.2. The number of fused-ring (bicyclic) bond motifs is 1. The summed E-state index contributed by atoms with van der Waals surface area (Å²) in [5.41, 5.74) is 2.45. The molecule has 222 valence electrons. The lowest BCUT2D eigenvalue weighted by molar-refractivity contribution is -0.267. The lowest BCUT2D eigenvalue weighted by Gasteiger charge is -2.44. The van der Waals surface area contributed by atoms with Crippen LogP contribution in [0.1, 0.15) is 49.8 Å². The third kappa shape index (κ3) is 6.95. The van der Waals surface area contributed by atoms with Crippen LogP contribution in [0.4, 0.5) is 5.69 Å². The molecule has 2 aromatic carbocycles. The highest BCUT2D eigenvalue weighted by Crippen LogP contribution is 2.37. The number of benzene rings is 2. The second-order valence-electron chi connectivity index (χ2n) is 9.88. The van der Waals surface area contributed by atoms with Gasteiger partial charge in [0, 0.05) is 45.0 Å². The van der Waals surface area contributed by atoms with Crippen LogP contribution in [0.25, 0.3) is 10.9 Å². The number of amides is 1. The highest BCUT2D eigenvalue weighted by molar-refractivity contribution is 6.13. The Kier molecular flexibility index (Phi) is 9.26. The van der Waals surface area contributed by atoms with Gasteiger partial charge in [0.1, 0.15) is 12.7 Å². The van der Waals surface area contributed by atoms with Crippen molar-refractivity contribution >= 4 is 46.4 Å². The van der Waals surface area contributed by atoms with Crippen LogP contribution in [0, 0.1) is 6.92 Å². The summed E-state index contributed by atoms with van der Waals surface area (Å²) in [7, 11) is 0. The van der Waals surface area contributed by atoms with Gasteiger partial charge in [0.15, 0.2) is 24.5 Å². The van der Waals surface area contributed by atoms with Crippen molar-refractivity contribution in [3.8, 4) is 0 Å². The van der Waals surface area contributed by atoms with E-state index in [1.807, 2.05) is 19.1 Å². The maximum atomic E-state index is 13.5. The van der Waals surface area contributed by atoms with Gasteiger partial charge < -0.3 is 33.6 Å². The number of carbonyl (C=O) groups excluding carboxylic acids is 5. The first kappa shape index (κ1) is 30.3. The average Bonchev–Trinajstić information content (AvgIpc) is 3.30. The largest absolute Gasteiger partial charge is 0.463 e. The standard InChI is InChI=1S/C30H32N2O10/c1-16-10-12-21(13-11-16)31-29(37)23-14-32(24-9-7-6-8-22(23)24)30-28(41-20(5)36)27(40-19(4)35)26(39-18(3)34)25(42-30)15-38-17(2)33/h6-14,25-28,30H,15H2,1-5H3,(H,31,37)/t25-,26-,27+,28-,30-/m1/s1. The maximum Gasteiger partial charge on any atom is 0.303 e. The molecule has 5 atom stereocenters. The first-order chi connectivity index (χ1) is 19.9. The molecule has 1 N–H and O–H groups in total. The van der Waals surface area contributed by atoms with Crippen LogP contribution in [0.2, 0.25) is 0 Å². The van der Waals surface area contributed by atoms with Gasteiger partial charge in [-0.05, 0) is 25.1 Å². The number of ether oxygens (including phenoxy) is 5. The van der Waals surface area contributed by atoms with Crippen LogP contribution in [0.15, 0.2) is 54.7 Å². The molecule has 1 aromatic heterocycles. The number of nitrogens with zero attached hydrogens (tertiary/aromatic N) is 1. The van der Waals surface area contributed by atoms with Crippen molar-refractivity contribution in [3.63, 3.8) is 0 Å². The molecule has 2 heterocycles. The molecule has 1 saturated heterocycles. The smallest absolute Gasteiger partial charge is 0.303 e. The maximum absolute atomic E-state index is 13.5. The van der Waals surface area contributed by atoms with Crippen molar-refractivity contribution < 1.29 is 47.7 Å². The number of anilines is 1. The van der Waals surface area contributed by atoms with E-state index in [1.165, 1.54) is 20.0 Å². The van der Waals surface area contributed by atoms with Crippen LogP contribution in [-0.2, 0) is 42.9 Å². The molecule has 1 aliphatic rings. The van der Waals surface area contributed by atoms with E-state index in [0.717, 1.165) is 19.4 Å². The van der Waals surface area contributed by atoms with Crippen molar-refractivity contribution in [2.24, 2.45) is 0 Å². The molecule has 0 radical (unpaired) electrons. The minimum Gasteiger partial charge on any atom is -0.463 e. The predicted octanol–water partition coefficient (Wildman–Crippen LogP) is 3.46. The van der Waals surface area contributed by atoms with Gasteiger partial charge in [-0.1, -0.05) is 35.9 Å². The van der Waals surface area contributed by atoms with E-state index >= 15 is 0 Å². The Balaban J connectivity index is 1.83. The fourth-order valence-corrected chi connectivity index (χ4v) is 4.86. The van der Waals surface area contributed by atoms with E-state index in [4.69, 9.17) is 23.7 Å². The molecular weight excluding hydrogens is 548 g/mol. The number of nitrogens with one attached hydrogen (secondary N) is 1. The van der Waals surface area contributed by atoms with E-state index in [0.29, 0.717) is 22.2 Å². The molecule has 0 aliphatic carbocycles. The van der Waals surface area contributed by atoms with E-state index < -0.39 is 60.4 Å². The van der Waals surface area contributed by atoms with Gasteiger partial charge in [0.25, 0.3) is 5.91 Å². The molecule has 0 spiro atoms. The summed E-state index contributed by atoms with van der Waals surface area (Å²) in [5, 5.41) is 3.44. The van der Waals surface area contributed by atoms with E-state index in [-0.39, 0.29) is 6.61 Å². The average molecular weight is 581 g/mol. The van der Waals surface area contributed by atoms with Crippen LogP contribution in [0.5, 0.6) is 0 Å². The number of hydrogen-bond acceptors (Lipinski definition) is 10. The number of aryl methyl sites for hydroxylation is 1. The van der Waals surface area contributed by atoms with Crippen molar-refractivity contribution in [2.75, 3.05) is 11.9 Å². The van der Waals surface area contributed by atoms with E-state index in [2.05, 4.69) is 5.32 Å². The third-order valence-electron chi connectivity index (χ3n) is 6.54. The highest BCUT2D eigenvalue weighted by Gasteiger charge is 2.53. The van der Waals surface area contributed by atoms with Crippen molar-refractivity contribution in [1.29, 1.82) is 0 Å². The summed E-state index contributed by atoms with van der Waals surface area (Å²) in [5.74, 6) is -3.21. The van der Waals surface area contributed by atoms with Crippen LogP contribution >= 0.6 is 0 Å². The molecule has 12 nitrogen and oxygen atoms in total. The number of hydrogen-bond donors (Lipinski definition) is 1. The molecule has 12 heteroatoms. The quantitative estimate of drug-likeness (QED) is 0.310. The SMILES string of the molecule is CC(=O)OC[C@H]1O[C@@H](n2cc(C(=O)Nc3ccc(C)cc3)c3ccccc32)[C@H](OC(C)=O)[C@@H](OC(C)=O)[C@@H]1OC(C)=O. The van der Waals surface area contributed by atoms with Gasteiger partial charge >= 0.3 is 23.9 Å². The monoisotopic (exact) mass is 580 g/mol. The zero-order chi connectivity index (χ0) is 30.6. The summed E-state index contributed by atoms with van der Waals surface area (Å²) in [6.45, 7) is 6.24. The molecule has 42 heavy (non-hydrogen) atoms. The molecular formula is C30H32N2O10.